The Labute approximate surface area is 174 Å². The zero-order chi connectivity index (χ0) is 20.9. The van der Waals surface area contributed by atoms with Crippen LogP contribution in [0.15, 0.2) is 21.3 Å². The van der Waals surface area contributed by atoms with Gasteiger partial charge in [-0.05, 0) is 56.7 Å². The molecular weight excluding hydrogens is 384 g/mol. The fraction of sp³-hybridized carbons (Fsp3) is 0.522. The molecule has 0 bridgehead atoms. The van der Waals surface area contributed by atoms with Gasteiger partial charge in [-0.3, -0.25) is 9.59 Å². The van der Waals surface area contributed by atoms with E-state index in [2.05, 4.69) is 5.32 Å². The van der Waals surface area contributed by atoms with Crippen molar-refractivity contribution in [2.24, 2.45) is 0 Å². The van der Waals surface area contributed by atoms with Crippen molar-refractivity contribution in [3.8, 4) is 5.75 Å². The molecule has 1 aromatic heterocycles. The van der Waals surface area contributed by atoms with Gasteiger partial charge in [0, 0.05) is 29.6 Å². The molecule has 7 heteroatoms. The number of nitrogens with zero attached hydrogens (tertiary/aromatic N) is 1. The molecule has 0 radical (unpaired) electrons. The van der Waals surface area contributed by atoms with E-state index in [0.717, 1.165) is 54.2 Å². The second-order valence-corrected chi connectivity index (χ2v) is 8.59. The molecule has 30 heavy (non-hydrogen) atoms. The molecule has 2 heterocycles. The minimum atomic E-state index is -0.718. The Balaban J connectivity index is 1.39. The summed E-state index contributed by atoms with van der Waals surface area (Å²) < 4.78 is 11.5. The summed E-state index contributed by atoms with van der Waals surface area (Å²) in [5.74, 6) is 0.303. The van der Waals surface area contributed by atoms with Gasteiger partial charge in [0.25, 0.3) is 5.91 Å². The average Bonchev–Trinajstić information content (AvgIpc) is 3.41. The topological polar surface area (TPSA) is 88.9 Å². The van der Waals surface area contributed by atoms with E-state index in [1.54, 1.807) is 4.90 Å². The van der Waals surface area contributed by atoms with E-state index in [4.69, 9.17) is 9.15 Å². The summed E-state index contributed by atoms with van der Waals surface area (Å²) in [6.45, 7) is 2.68. The fourth-order valence-corrected chi connectivity index (χ4v) is 5.44. The highest BCUT2D eigenvalue weighted by molar-refractivity contribution is 5.93. The van der Waals surface area contributed by atoms with Gasteiger partial charge >= 0.3 is 5.63 Å². The van der Waals surface area contributed by atoms with E-state index in [1.807, 2.05) is 19.1 Å². The summed E-state index contributed by atoms with van der Waals surface area (Å²) in [4.78, 5) is 39.6. The highest BCUT2D eigenvalue weighted by Gasteiger charge is 2.50. The Morgan fingerprint density at radius 2 is 1.93 bits per heavy atom. The molecule has 1 saturated heterocycles. The van der Waals surface area contributed by atoms with Crippen molar-refractivity contribution in [1.82, 2.24) is 10.2 Å². The van der Waals surface area contributed by atoms with Crippen LogP contribution in [0.3, 0.4) is 0 Å². The molecule has 1 aromatic carbocycles. The number of ether oxygens (including phenoxy) is 1. The number of piperazine rings is 1. The lowest BCUT2D eigenvalue weighted by atomic mass is 9.91. The molecule has 2 fully saturated rings. The summed E-state index contributed by atoms with van der Waals surface area (Å²) in [6, 6.07) is 3.76. The first kappa shape index (κ1) is 19.2. The fourth-order valence-electron chi connectivity index (χ4n) is 5.44. The highest BCUT2D eigenvalue weighted by Crippen LogP contribution is 2.37. The van der Waals surface area contributed by atoms with Gasteiger partial charge in [0.2, 0.25) is 5.91 Å². The second-order valence-electron chi connectivity index (χ2n) is 8.59. The molecule has 0 atom stereocenters. The standard InChI is InChI=1S/C23H26N2O5/c1-14-18(8-7-16-15-5-4-6-17(15)21(27)30-20(14)16)29-13-19(26)25-12-11-24-22(28)23(25)9-2-3-10-23/h7-8H,2-6,9-13H2,1H3,(H,24,28). The summed E-state index contributed by atoms with van der Waals surface area (Å²) >= 11 is 0. The zero-order valence-electron chi connectivity index (χ0n) is 17.2. The van der Waals surface area contributed by atoms with Gasteiger partial charge < -0.3 is 19.4 Å². The summed E-state index contributed by atoms with van der Waals surface area (Å²) in [5.41, 5.74) is 2.14. The number of fused-ring (bicyclic) bond motifs is 3. The van der Waals surface area contributed by atoms with Crippen LogP contribution in [0.1, 0.15) is 48.8 Å². The second kappa shape index (κ2) is 7.15. The van der Waals surface area contributed by atoms with Crippen LogP contribution in [0.5, 0.6) is 5.75 Å². The first-order valence-corrected chi connectivity index (χ1v) is 10.8. The van der Waals surface area contributed by atoms with Crippen molar-refractivity contribution in [1.29, 1.82) is 0 Å². The van der Waals surface area contributed by atoms with E-state index in [-0.39, 0.29) is 24.0 Å². The molecule has 1 spiro atoms. The van der Waals surface area contributed by atoms with Crippen LogP contribution in [0.4, 0.5) is 0 Å². The van der Waals surface area contributed by atoms with E-state index in [9.17, 15) is 14.4 Å². The largest absolute Gasteiger partial charge is 0.483 e. The number of nitrogens with one attached hydrogen (secondary N) is 1. The number of hydrogen-bond donors (Lipinski definition) is 1. The predicted molar refractivity (Wildman–Crippen MR) is 111 cm³/mol. The van der Waals surface area contributed by atoms with Crippen molar-refractivity contribution < 1.29 is 18.7 Å². The van der Waals surface area contributed by atoms with Crippen LogP contribution in [-0.4, -0.2) is 41.9 Å². The Bertz CT molecular complexity index is 1100. The molecule has 2 aliphatic carbocycles. The van der Waals surface area contributed by atoms with Crippen LogP contribution in [0, 0.1) is 6.92 Å². The van der Waals surface area contributed by atoms with Crippen molar-refractivity contribution in [3.63, 3.8) is 0 Å². The van der Waals surface area contributed by atoms with Crippen LogP contribution in [-0.2, 0) is 22.4 Å². The van der Waals surface area contributed by atoms with Crippen molar-refractivity contribution >= 4 is 22.8 Å². The van der Waals surface area contributed by atoms with Gasteiger partial charge in [-0.2, -0.15) is 0 Å². The zero-order valence-corrected chi connectivity index (χ0v) is 17.2. The molecule has 3 aliphatic rings. The lowest BCUT2D eigenvalue weighted by molar-refractivity contribution is -0.152. The monoisotopic (exact) mass is 410 g/mol. The third-order valence-electron chi connectivity index (χ3n) is 6.98. The molecule has 158 valence electrons. The number of benzene rings is 1. The minimum Gasteiger partial charge on any atom is -0.483 e. The minimum absolute atomic E-state index is 0.0443. The molecule has 1 N–H and O–H groups in total. The molecule has 1 saturated carbocycles. The molecule has 1 aliphatic heterocycles. The average molecular weight is 410 g/mol. The van der Waals surface area contributed by atoms with E-state index in [0.29, 0.717) is 37.3 Å². The Hall–Kier alpha value is -2.83. The van der Waals surface area contributed by atoms with Gasteiger partial charge in [-0.1, -0.05) is 12.8 Å². The molecule has 7 nitrogen and oxygen atoms in total. The quantitative estimate of drug-likeness (QED) is 0.784. The first-order chi connectivity index (χ1) is 14.5. The van der Waals surface area contributed by atoms with Gasteiger partial charge in [0.05, 0.1) is 0 Å². The summed E-state index contributed by atoms with van der Waals surface area (Å²) in [6.07, 6.45) is 5.93. The Morgan fingerprint density at radius 3 is 2.73 bits per heavy atom. The smallest absolute Gasteiger partial charge is 0.339 e. The van der Waals surface area contributed by atoms with E-state index in [1.165, 1.54) is 0 Å². The van der Waals surface area contributed by atoms with Gasteiger partial charge in [-0.25, -0.2) is 4.79 Å². The number of rotatable bonds is 3. The number of carbonyl (C=O) groups is 2. The third-order valence-corrected chi connectivity index (χ3v) is 6.98. The lowest BCUT2D eigenvalue weighted by Crippen LogP contribution is -2.65. The lowest BCUT2D eigenvalue weighted by Gasteiger charge is -2.43. The highest BCUT2D eigenvalue weighted by atomic mass is 16.5. The maximum Gasteiger partial charge on any atom is 0.339 e. The summed E-state index contributed by atoms with van der Waals surface area (Å²) in [7, 11) is 0. The first-order valence-electron chi connectivity index (χ1n) is 10.8. The van der Waals surface area contributed by atoms with Crippen LogP contribution in [0.2, 0.25) is 0 Å². The van der Waals surface area contributed by atoms with Crippen molar-refractivity contribution in [3.05, 3.63) is 39.2 Å². The van der Waals surface area contributed by atoms with Gasteiger partial charge in [-0.15, -0.1) is 0 Å². The van der Waals surface area contributed by atoms with E-state index >= 15 is 0 Å². The van der Waals surface area contributed by atoms with Crippen LogP contribution in [0.25, 0.3) is 11.0 Å². The maximum absolute atomic E-state index is 13.0. The summed E-state index contributed by atoms with van der Waals surface area (Å²) in [5, 5.41) is 3.87. The van der Waals surface area contributed by atoms with Gasteiger partial charge in [0.15, 0.2) is 6.61 Å². The Morgan fingerprint density at radius 1 is 1.17 bits per heavy atom. The predicted octanol–water partition coefficient (Wildman–Crippen LogP) is 2.24. The van der Waals surface area contributed by atoms with Crippen molar-refractivity contribution in [2.75, 3.05) is 19.7 Å². The molecule has 5 rings (SSSR count). The Kier molecular flexibility index (Phi) is 4.56. The normalized spacial score (nSPS) is 19.9. The number of aryl methyl sites for hydroxylation is 2. The number of hydrogen-bond acceptors (Lipinski definition) is 5. The maximum atomic E-state index is 13.0. The molecule has 0 unspecified atom stereocenters. The van der Waals surface area contributed by atoms with Crippen LogP contribution >= 0.6 is 0 Å². The van der Waals surface area contributed by atoms with Crippen molar-refractivity contribution in [2.45, 2.75) is 57.4 Å². The van der Waals surface area contributed by atoms with Gasteiger partial charge in [0.1, 0.15) is 16.9 Å². The van der Waals surface area contributed by atoms with E-state index < -0.39 is 5.54 Å². The molecule has 2 amide bonds. The molecule has 2 aromatic rings. The SMILES string of the molecule is Cc1c(OCC(=O)N2CCNC(=O)C23CCCC3)ccc2c3c(c(=O)oc12)CCC3. The molecular formula is C23H26N2O5. The third kappa shape index (κ3) is 2.82. The number of carbonyl (C=O) groups excluding carboxylic acids is 2. The van der Waals surface area contributed by atoms with Crippen LogP contribution < -0.4 is 15.7 Å². The number of amides is 2.